The van der Waals surface area contributed by atoms with Crippen molar-refractivity contribution in [3.63, 3.8) is 0 Å². The fourth-order valence-electron chi connectivity index (χ4n) is 1.32. The number of oxazole rings is 1. The summed E-state index contributed by atoms with van der Waals surface area (Å²) in [7, 11) is 1.99. The van der Waals surface area contributed by atoms with Crippen molar-refractivity contribution >= 4 is 17.6 Å². The maximum absolute atomic E-state index is 5.64. The molecule has 1 aromatic rings. The van der Waals surface area contributed by atoms with Gasteiger partial charge in [-0.1, -0.05) is 13.3 Å². The second kappa shape index (κ2) is 5.25. The highest BCUT2D eigenvalue weighted by Gasteiger charge is 2.13. The van der Waals surface area contributed by atoms with Crippen LogP contribution in [-0.4, -0.2) is 18.1 Å². The van der Waals surface area contributed by atoms with Crippen molar-refractivity contribution in [2.75, 3.05) is 11.9 Å². The van der Waals surface area contributed by atoms with Gasteiger partial charge in [-0.3, -0.25) is 0 Å². The molecule has 14 heavy (non-hydrogen) atoms. The molecule has 80 valence electrons. The quantitative estimate of drug-likeness (QED) is 0.709. The lowest BCUT2D eigenvalue weighted by Crippen LogP contribution is -2.28. The average molecular weight is 217 g/mol. The maximum atomic E-state index is 5.64. The number of anilines is 1. The summed E-state index contributed by atoms with van der Waals surface area (Å²) in [5.74, 6) is 0.402. The number of alkyl halides is 1. The Morgan fingerprint density at radius 2 is 2.36 bits per heavy atom. The summed E-state index contributed by atoms with van der Waals surface area (Å²) in [6.07, 6.45) is 3.90. The Bertz CT molecular complexity index is 275. The number of rotatable bonds is 5. The van der Waals surface area contributed by atoms with E-state index in [1.807, 2.05) is 11.9 Å². The number of nitrogens with zero attached hydrogens (tertiary/aromatic N) is 2. The molecule has 0 N–H and O–H groups in total. The normalized spacial score (nSPS) is 12.9. The van der Waals surface area contributed by atoms with E-state index in [9.17, 15) is 0 Å². The van der Waals surface area contributed by atoms with E-state index in [1.54, 1.807) is 6.26 Å². The van der Waals surface area contributed by atoms with Gasteiger partial charge in [0.1, 0.15) is 6.26 Å². The SMILES string of the molecule is CCCC(C)N(C)c1nc(CCl)co1. The standard InChI is InChI=1S/C10H17ClN2O/c1-4-5-8(2)13(3)10-12-9(6-11)7-14-10/h7-8H,4-6H2,1-3H3. The molecule has 0 spiro atoms. The Kier molecular flexibility index (Phi) is 4.26. The molecule has 0 aliphatic rings. The van der Waals surface area contributed by atoms with E-state index >= 15 is 0 Å². The molecular weight excluding hydrogens is 200 g/mol. The Morgan fingerprint density at radius 3 is 2.86 bits per heavy atom. The minimum Gasteiger partial charge on any atom is -0.432 e. The van der Waals surface area contributed by atoms with Crippen LogP contribution in [0, 0.1) is 0 Å². The lowest BCUT2D eigenvalue weighted by Gasteiger charge is -2.22. The van der Waals surface area contributed by atoms with Crippen LogP contribution in [0.1, 0.15) is 32.4 Å². The number of aromatic nitrogens is 1. The molecule has 1 aromatic heterocycles. The van der Waals surface area contributed by atoms with Crippen LogP contribution in [0.4, 0.5) is 6.01 Å². The lowest BCUT2D eigenvalue weighted by atomic mass is 10.2. The predicted molar refractivity (Wildman–Crippen MR) is 58.8 cm³/mol. The van der Waals surface area contributed by atoms with Gasteiger partial charge >= 0.3 is 0 Å². The number of hydrogen-bond donors (Lipinski definition) is 0. The van der Waals surface area contributed by atoms with Crippen LogP contribution in [0.15, 0.2) is 10.7 Å². The van der Waals surface area contributed by atoms with Crippen molar-refractivity contribution in [1.82, 2.24) is 4.98 Å². The molecule has 0 aromatic carbocycles. The molecule has 3 nitrogen and oxygen atoms in total. The highest BCUT2D eigenvalue weighted by Crippen LogP contribution is 2.17. The van der Waals surface area contributed by atoms with Gasteiger partial charge in [-0.05, 0) is 13.3 Å². The van der Waals surface area contributed by atoms with E-state index in [1.165, 1.54) is 0 Å². The molecule has 0 saturated heterocycles. The third-order valence-electron chi connectivity index (χ3n) is 2.35. The first-order valence-corrected chi connectivity index (χ1v) is 5.45. The van der Waals surface area contributed by atoms with E-state index in [-0.39, 0.29) is 0 Å². The van der Waals surface area contributed by atoms with Gasteiger partial charge in [0.15, 0.2) is 0 Å². The van der Waals surface area contributed by atoms with Gasteiger partial charge in [-0.15, -0.1) is 11.6 Å². The van der Waals surface area contributed by atoms with Gasteiger partial charge in [0, 0.05) is 13.1 Å². The van der Waals surface area contributed by atoms with Gasteiger partial charge in [-0.25, -0.2) is 0 Å². The monoisotopic (exact) mass is 216 g/mol. The second-order valence-corrected chi connectivity index (χ2v) is 3.77. The van der Waals surface area contributed by atoms with Gasteiger partial charge in [-0.2, -0.15) is 4.98 Å². The van der Waals surface area contributed by atoms with Gasteiger partial charge in [0.2, 0.25) is 0 Å². The molecule has 1 atom stereocenters. The maximum Gasteiger partial charge on any atom is 0.297 e. The van der Waals surface area contributed by atoms with Crippen LogP contribution in [0.5, 0.6) is 0 Å². The molecule has 0 fully saturated rings. The highest BCUT2D eigenvalue weighted by atomic mass is 35.5. The van der Waals surface area contributed by atoms with Gasteiger partial charge in [0.25, 0.3) is 6.01 Å². The van der Waals surface area contributed by atoms with Crippen LogP contribution in [0.3, 0.4) is 0 Å². The summed E-state index contributed by atoms with van der Waals surface area (Å²) in [5, 5.41) is 0. The fourth-order valence-corrected chi connectivity index (χ4v) is 1.44. The molecular formula is C10H17ClN2O. The van der Waals surface area contributed by atoms with Crippen molar-refractivity contribution in [2.45, 2.75) is 38.6 Å². The van der Waals surface area contributed by atoms with Crippen LogP contribution in [0.25, 0.3) is 0 Å². The lowest BCUT2D eigenvalue weighted by molar-refractivity contribution is 0.507. The zero-order valence-electron chi connectivity index (χ0n) is 8.96. The summed E-state index contributed by atoms with van der Waals surface area (Å²) < 4.78 is 5.32. The minimum absolute atomic E-state index is 0.402. The molecule has 0 radical (unpaired) electrons. The topological polar surface area (TPSA) is 29.3 Å². The molecule has 0 bridgehead atoms. The van der Waals surface area contributed by atoms with Crippen LogP contribution >= 0.6 is 11.6 Å². The predicted octanol–water partition coefficient (Wildman–Crippen LogP) is 3.04. The zero-order chi connectivity index (χ0) is 10.6. The van der Waals surface area contributed by atoms with E-state index in [0.29, 0.717) is 17.9 Å². The van der Waals surface area contributed by atoms with Gasteiger partial charge in [0.05, 0.1) is 11.6 Å². The zero-order valence-corrected chi connectivity index (χ0v) is 9.71. The van der Waals surface area contributed by atoms with Crippen molar-refractivity contribution in [2.24, 2.45) is 0 Å². The smallest absolute Gasteiger partial charge is 0.297 e. The average Bonchev–Trinajstić information content (AvgIpc) is 2.65. The molecule has 0 aliphatic heterocycles. The first-order chi connectivity index (χ1) is 6.69. The molecule has 1 rings (SSSR count). The number of halogens is 1. The van der Waals surface area contributed by atoms with Crippen molar-refractivity contribution in [3.05, 3.63) is 12.0 Å². The third-order valence-corrected chi connectivity index (χ3v) is 2.62. The summed E-state index contributed by atoms with van der Waals surface area (Å²) in [6, 6.07) is 1.10. The summed E-state index contributed by atoms with van der Waals surface area (Å²) >= 11 is 5.64. The summed E-state index contributed by atoms with van der Waals surface area (Å²) in [4.78, 5) is 6.30. The fraction of sp³-hybridized carbons (Fsp3) is 0.700. The van der Waals surface area contributed by atoms with Gasteiger partial charge < -0.3 is 9.32 Å². The van der Waals surface area contributed by atoms with E-state index in [4.69, 9.17) is 16.0 Å². The molecule has 0 saturated carbocycles. The summed E-state index contributed by atoms with van der Waals surface area (Å²) in [5.41, 5.74) is 0.789. The van der Waals surface area contributed by atoms with E-state index in [2.05, 4.69) is 18.8 Å². The Balaban J connectivity index is 2.63. The van der Waals surface area contributed by atoms with Crippen molar-refractivity contribution in [1.29, 1.82) is 0 Å². The minimum atomic E-state index is 0.402. The Labute approximate surface area is 90.1 Å². The van der Waals surface area contributed by atoms with E-state index < -0.39 is 0 Å². The molecule has 4 heteroatoms. The second-order valence-electron chi connectivity index (χ2n) is 3.50. The van der Waals surface area contributed by atoms with Crippen molar-refractivity contribution in [3.8, 4) is 0 Å². The van der Waals surface area contributed by atoms with E-state index in [0.717, 1.165) is 18.5 Å². The molecule has 0 amide bonds. The highest BCUT2D eigenvalue weighted by molar-refractivity contribution is 6.16. The molecule has 1 heterocycles. The Hall–Kier alpha value is -0.700. The Morgan fingerprint density at radius 1 is 1.64 bits per heavy atom. The van der Waals surface area contributed by atoms with Crippen LogP contribution in [0.2, 0.25) is 0 Å². The van der Waals surface area contributed by atoms with Crippen LogP contribution in [-0.2, 0) is 5.88 Å². The summed E-state index contributed by atoms with van der Waals surface area (Å²) in [6.45, 7) is 4.33. The first-order valence-electron chi connectivity index (χ1n) is 4.92. The first kappa shape index (κ1) is 11.4. The molecule has 1 unspecified atom stereocenters. The largest absolute Gasteiger partial charge is 0.432 e. The van der Waals surface area contributed by atoms with Crippen LogP contribution < -0.4 is 4.90 Å². The number of hydrogen-bond acceptors (Lipinski definition) is 3. The third kappa shape index (κ3) is 2.64. The molecule has 0 aliphatic carbocycles. The van der Waals surface area contributed by atoms with Crippen molar-refractivity contribution < 1.29 is 4.42 Å².